The molecule has 2 atom stereocenters. The number of carbonyl (C=O) groups is 1. The molecule has 0 aromatic heterocycles. The van der Waals surface area contributed by atoms with Gasteiger partial charge < -0.3 is 5.32 Å². The summed E-state index contributed by atoms with van der Waals surface area (Å²) in [6, 6.07) is 17.8. The Morgan fingerprint density at radius 3 is 2.26 bits per heavy atom. The third-order valence-corrected chi connectivity index (χ3v) is 5.31. The van der Waals surface area contributed by atoms with E-state index in [0.717, 1.165) is 23.3 Å². The summed E-state index contributed by atoms with van der Waals surface area (Å²) in [5.74, 6) is 0.0863. The Bertz CT molecular complexity index is 615. The van der Waals surface area contributed by atoms with Crippen molar-refractivity contribution in [3.05, 3.63) is 65.2 Å². The minimum absolute atomic E-state index is 0.0589. The molecule has 0 spiro atoms. The monoisotopic (exact) mass is 347 g/mol. The first-order chi connectivity index (χ1) is 11.1. The molecule has 23 heavy (non-hydrogen) atoms. The average molecular weight is 348 g/mol. The summed E-state index contributed by atoms with van der Waals surface area (Å²) in [6.07, 6.45) is 1.65. The van der Waals surface area contributed by atoms with Gasteiger partial charge in [0, 0.05) is 9.92 Å². The third kappa shape index (κ3) is 5.29. The molecule has 1 amide bonds. The molecule has 0 aliphatic rings. The van der Waals surface area contributed by atoms with Crippen LogP contribution in [-0.2, 0) is 4.79 Å². The van der Waals surface area contributed by atoms with Crippen molar-refractivity contribution in [3.63, 3.8) is 0 Å². The van der Waals surface area contributed by atoms with Crippen LogP contribution in [0.5, 0.6) is 0 Å². The first-order valence-corrected chi connectivity index (χ1v) is 9.17. The Kier molecular flexibility index (Phi) is 7.00. The molecule has 0 aliphatic heterocycles. The van der Waals surface area contributed by atoms with Gasteiger partial charge in [-0.05, 0) is 42.7 Å². The molecule has 0 radical (unpaired) electrons. The molecule has 0 bridgehead atoms. The number of hydrogen-bond acceptors (Lipinski definition) is 2. The lowest BCUT2D eigenvalue weighted by Crippen LogP contribution is -2.35. The molecule has 0 aliphatic carbocycles. The lowest BCUT2D eigenvalue weighted by Gasteiger charge is -2.21. The van der Waals surface area contributed by atoms with Crippen LogP contribution in [0, 0.1) is 0 Å². The van der Waals surface area contributed by atoms with Crippen molar-refractivity contribution in [2.24, 2.45) is 0 Å². The van der Waals surface area contributed by atoms with E-state index in [0.29, 0.717) is 5.02 Å². The zero-order valence-corrected chi connectivity index (χ0v) is 15.0. The van der Waals surface area contributed by atoms with Crippen molar-refractivity contribution >= 4 is 29.3 Å². The number of thioether (sulfide) groups is 1. The highest BCUT2D eigenvalue weighted by Crippen LogP contribution is 2.27. The van der Waals surface area contributed by atoms with E-state index < -0.39 is 0 Å². The van der Waals surface area contributed by atoms with E-state index in [1.54, 1.807) is 11.8 Å². The molecule has 0 saturated heterocycles. The zero-order valence-electron chi connectivity index (χ0n) is 13.5. The summed E-state index contributed by atoms with van der Waals surface area (Å²) in [5, 5.41) is 3.79. The maximum absolute atomic E-state index is 12.6. The fraction of sp³-hybridized carbons (Fsp3) is 0.316. The van der Waals surface area contributed by atoms with Crippen molar-refractivity contribution < 1.29 is 4.79 Å². The molecule has 1 N–H and O–H groups in total. The highest BCUT2D eigenvalue weighted by atomic mass is 35.5. The quantitative estimate of drug-likeness (QED) is 0.672. The number of halogens is 1. The number of carbonyl (C=O) groups excluding carboxylic acids is 1. The van der Waals surface area contributed by atoms with Gasteiger partial charge in [0.15, 0.2) is 0 Å². The molecule has 2 rings (SSSR count). The molecular weight excluding hydrogens is 326 g/mol. The van der Waals surface area contributed by atoms with Crippen LogP contribution in [0.4, 0.5) is 0 Å². The Balaban J connectivity index is 2.02. The highest BCUT2D eigenvalue weighted by Gasteiger charge is 2.21. The van der Waals surface area contributed by atoms with Gasteiger partial charge in [-0.3, -0.25) is 4.79 Å². The van der Waals surface area contributed by atoms with E-state index in [1.165, 1.54) is 0 Å². The minimum atomic E-state index is -0.103. The van der Waals surface area contributed by atoms with Crippen molar-refractivity contribution in [2.75, 3.05) is 0 Å². The number of amides is 1. The van der Waals surface area contributed by atoms with Gasteiger partial charge in [0.2, 0.25) is 5.91 Å². The van der Waals surface area contributed by atoms with Crippen LogP contribution in [0.3, 0.4) is 0 Å². The Labute approximate surface area is 147 Å². The van der Waals surface area contributed by atoms with E-state index in [1.807, 2.05) is 49.4 Å². The van der Waals surface area contributed by atoms with E-state index >= 15 is 0 Å². The van der Waals surface area contributed by atoms with Crippen molar-refractivity contribution in [1.29, 1.82) is 0 Å². The van der Waals surface area contributed by atoms with Gasteiger partial charge in [0.05, 0.1) is 11.3 Å². The summed E-state index contributed by atoms with van der Waals surface area (Å²) < 4.78 is 0. The van der Waals surface area contributed by atoms with Crippen molar-refractivity contribution in [3.8, 4) is 0 Å². The van der Waals surface area contributed by atoms with Gasteiger partial charge in [-0.2, -0.15) is 0 Å². The smallest absolute Gasteiger partial charge is 0.233 e. The predicted molar refractivity (Wildman–Crippen MR) is 99.0 cm³/mol. The first-order valence-electron chi connectivity index (χ1n) is 7.91. The van der Waals surface area contributed by atoms with Gasteiger partial charge in [-0.15, -0.1) is 11.8 Å². The maximum Gasteiger partial charge on any atom is 0.233 e. The second-order valence-electron chi connectivity index (χ2n) is 5.35. The SMILES string of the molecule is CC[C@H](NC(=O)[C@@H](CC)Sc1ccc(Cl)cc1)c1ccccc1. The van der Waals surface area contributed by atoms with Gasteiger partial charge in [0.1, 0.15) is 0 Å². The standard InChI is InChI=1S/C19H22ClNOS/c1-3-17(14-8-6-5-7-9-14)21-19(22)18(4-2)23-16-12-10-15(20)11-13-16/h5-13,17-18H,3-4H2,1-2H3,(H,21,22)/t17-,18+/m0/s1. The molecule has 0 unspecified atom stereocenters. The van der Waals surface area contributed by atoms with Crippen LogP contribution >= 0.6 is 23.4 Å². The molecule has 2 nitrogen and oxygen atoms in total. The predicted octanol–water partition coefficient (Wildman–Crippen LogP) is 5.48. The summed E-state index contributed by atoms with van der Waals surface area (Å²) in [5.41, 5.74) is 1.15. The largest absolute Gasteiger partial charge is 0.348 e. The van der Waals surface area contributed by atoms with Crippen LogP contribution in [0.1, 0.15) is 38.3 Å². The number of hydrogen-bond donors (Lipinski definition) is 1. The normalized spacial score (nSPS) is 13.3. The second-order valence-corrected chi connectivity index (χ2v) is 7.06. The van der Waals surface area contributed by atoms with E-state index in [2.05, 4.69) is 24.4 Å². The van der Waals surface area contributed by atoms with Crippen LogP contribution in [0.15, 0.2) is 59.5 Å². The molecule has 4 heteroatoms. The van der Waals surface area contributed by atoms with Gasteiger partial charge in [-0.1, -0.05) is 55.8 Å². The number of rotatable bonds is 7. The van der Waals surface area contributed by atoms with E-state index in [4.69, 9.17) is 11.6 Å². The number of nitrogens with one attached hydrogen (secondary N) is 1. The fourth-order valence-electron chi connectivity index (χ4n) is 2.37. The lowest BCUT2D eigenvalue weighted by molar-refractivity contribution is -0.121. The van der Waals surface area contributed by atoms with Gasteiger partial charge in [0.25, 0.3) is 0 Å². The molecular formula is C19H22ClNOS. The van der Waals surface area contributed by atoms with Crippen molar-refractivity contribution in [2.45, 2.75) is 42.9 Å². The maximum atomic E-state index is 12.6. The summed E-state index contributed by atoms with van der Waals surface area (Å²) in [6.45, 7) is 4.13. The topological polar surface area (TPSA) is 29.1 Å². The molecule has 122 valence electrons. The molecule has 2 aromatic rings. The molecule has 2 aromatic carbocycles. The summed E-state index contributed by atoms with van der Waals surface area (Å²) in [4.78, 5) is 13.7. The van der Waals surface area contributed by atoms with Crippen LogP contribution in [-0.4, -0.2) is 11.2 Å². The Morgan fingerprint density at radius 1 is 1.04 bits per heavy atom. The molecule has 0 fully saturated rings. The number of benzene rings is 2. The van der Waals surface area contributed by atoms with E-state index in [-0.39, 0.29) is 17.2 Å². The zero-order chi connectivity index (χ0) is 16.7. The Hall–Kier alpha value is -1.45. The van der Waals surface area contributed by atoms with Crippen LogP contribution < -0.4 is 5.32 Å². The van der Waals surface area contributed by atoms with Gasteiger partial charge in [-0.25, -0.2) is 0 Å². The second kappa shape index (κ2) is 8.99. The Morgan fingerprint density at radius 2 is 1.70 bits per heavy atom. The average Bonchev–Trinajstić information content (AvgIpc) is 2.59. The van der Waals surface area contributed by atoms with Crippen molar-refractivity contribution in [1.82, 2.24) is 5.32 Å². The fourth-order valence-corrected chi connectivity index (χ4v) is 3.46. The summed E-state index contributed by atoms with van der Waals surface area (Å²) >= 11 is 7.49. The minimum Gasteiger partial charge on any atom is -0.348 e. The van der Waals surface area contributed by atoms with E-state index in [9.17, 15) is 4.79 Å². The third-order valence-electron chi connectivity index (χ3n) is 3.68. The molecule has 0 heterocycles. The highest BCUT2D eigenvalue weighted by molar-refractivity contribution is 8.00. The van der Waals surface area contributed by atoms with Crippen LogP contribution in [0.2, 0.25) is 5.02 Å². The first kappa shape index (κ1) is 17.9. The summed E-state index contributed by atoms with van der Waals surface area (Å²) in [7, 11) is 0. The molecule has 0 saturated carbocycles. The van der Waals surface area contributed by atoms with Crippen LogP contribution in [0.25, 0.3) is 0 Å². The lowest BCUT2D eigenvalue weighted by atomic mass is 10.0. The van der Waals surface area contributed by atoms with Gasteiger partial charge >= 0.3 is 0 Å².